The van der Waals surface area contributed by atoms with Crippen LogP contribution in [0.15, 0.2) is 42.5 Å². The molecule has 0 bridgehead atoms. The van der Waals surface area contributed by atoms with Gasteiger partial charge >= 0.3 is 5.97 Å². The van der Waals surface area contributed by atoms with Crippen molar-refractivity contribution in [3.63, 3.8) is 0 Å². The molecule has 0 amide bonds. The van der Waals surface area contributed by atoms with Crippen LogP contribution in [-0.2, 0) is 10.2 Å². The molecule has 0 aromatic heterocycles. The zero-order valence-electron chi connectivity index (χ0n) is 14.7. The monoisotopic (exact) mass is 338 g/mol. The zero-order valence-corrected chi connectivity index (χ0v) is 14.7. The number of aliphatic hydroxyl groups excluding tert-OH is 1. The largest absolute Gasteiger partial charge is 0.492 e. The molecule has 0 aliphatic carbocycles. The van der Waals surface area contributed by atoms with Gasteiger partial charge in [-0.15, -0.1) is 0 Å². The summed E-state index contributed by atoms with van der Waals surface area (Å²) >= 11 is 0. The standard InChI is InChI=1S/C21H22O4/c1-21(2)13-25-19-9-8-16(11-18(19)21)17(12-22)10-14-4-6-15(7-5-14)20(23)24-3/h4-11,22H,12-13H2,1-3H3/b17-10-. The lowest BCUT2D eigenvalue weighted by Gasteiger charge is -2.16. The van der Waals surface area contributed by atoms with Crippen LogP contribution in [0.3, 0.4) is 0 Å². The molecule has 1 aliphatic heterocycles. The Bertz CT molecular complexity index is 816. The molecule has 0 saturated carbocycles. The Morgan fingerprint density at radius 1 is 1.20 bits per heavy atom. The summed E-state index contributed by atoms with van der Waals surface area (Å²) in [5.41, 5.74) is 4.32. The average Bonchev–Trinajstić information content (AvgIpc) is 2.94. The predicted molar refractivity (Wildman–Crippen MR) is 97.7 cm³/mol. The van der Waals surface area contributed by atoms with E-state index >= 15 is 0 Å². The van der Waals surface area contributed by atoms with Crippen LogP contribution in [0.1, 0.15) is 40.9 Å². The highest BCUT2D eigenvalue weighted by Crippen LogP contribution is 2.39. The Morgan fingerprint density at radius 3 is 2.52 bits per heavy atom. The lowest BCUT2D eigenvalue weighted by atomic mass is 9.85. The van der Waals surface area contributed by atoms with Gasteiger partial charge in [-0.2, -0.15) is 0 Å². The van der Waals surface area contributed by atoms with Crippen LogP contribution in [0.2, 0.25) is 0 Å². The van der Waals surface area contributed by atoms with E-state index in [2.05, 4.69) is 19.9 Å². The van der Waals surface area contributed by atoms with E-state index in [1.165, 1.54) is 7.11 Å². The van der Waals surface area contributed by atoms with Gasteiger partial charge in [0.15, 0.2) is 0 Å². The minimum absolute atomic E-state index is 0.0337. The number of carbonyl (C=O) groups is 1. The molecule has 130 valence electrons. The fourth-order valence-corrected chi connectivity index (χ4v) is 2.98. The van der Waals surface area contributed by atoms with Crippen LogP contribution >= 0.6 is 0 Å². The number of esters is 1. The molecule has 0 unspecified atom stereocenters. The summed E-state index contributed by atoms with van der Waals surface area (Å²) in [6.45, 7) is 4.89. The summed E-state index contributed by atoms with van der Waals surface area (Å²) in [5.74, 6) is 0.548. The van der Waals surface area contributed by atoms with Gasteiger partial charge in [0.1, 0.15) is 5.75 Å². The number of hydrogen-bond donors (Lipinski definition) is 1. The van der Waals surface area contributed by atoms with Gasteiger partial charge in [0, 0.05) is 11.0 Å². The Hall–Kier alpha value is -2.59. The SMILES string of the molecule is COC(=O)c1ccc(/C=C(/CO)c2ccc3c(c2)C(C)(C)CO3)cc1. The molecule has 0 radical (unpaired) electrons. The van der Waals surface area contributed by atoms with Gasteiger partial charge in [-0.3, -0.25) is 0 Å². The second-order valence-electron chi connectivity index (χ2n) is 6.82. The van der Waals surface area contributed by atoms with Crippen molar-refractivity contribution in [2.24, 2.45) is 0 Å². The highest BCUT2D eigenvalue weighted by atomic mass is 16.5. The molecule has 3 rings (SSSR count). The third-order valence-corrected chi connectivity index (χ3v) is 4.51. The number of fused-ring (bicyclic) bond motifs is 1. The molecule has 25 heavy (non-hydrogen) atoms. The number of hydrogen-bond acceptors (Lipinski definition) is 4. The van der Waals surface area contributed by atoms with Crippen molar-refractivity contribution in [1.82, 2.24) is 0 Å². The first kappa shape index (κ1) is 17.2. The smallest absolute Gasteiger partial charge is 0.337 e. The van der Waals surface area contributed by atoms with E-state index in [0.717, 1.165) is 28.0 Å². The third-order valence-electron chi connectivity index (χ3n) is 4.51. The second kappa shape index (κ2) is 6.73. The number of carbonyl (C=O) groups excluding carboxylic acids is 1. The van der Waals surface area contributed by atoms with E-state index in [1.807, 2.05) is 30.3 Å². The number of rotatable bonds is 4. The topological polar surface area (TPSA) is 55.8 Å². The third kappa shape index (κ3) is 3.44. The first-order valence-electron chi connectivity index (χ1n) is 8.22. The molecule has 4 nitrogen and oxygen atoms in total. The summed E-state index contributed by atoms with van der Waals surface area (Å²) in [6, 6.07) is 13.1. The van der Waals surface area contributed by atoms with Crippen molar-refractivity contribution in [3.8, 4) is 5.75 Å². The molecule has 1 aliphatic rings. The fraction of sp³-hybridized carbons (Fsp3) is 0.286. The zero-order chi connectivity index (χ0) is 18.0. The summed E-state index contributed by atoms with van der Waals surface area (Å²) in [7, 11) is 1.36. The summed E-state index contributed by atoms with van der Waals surface area (Å²) in [4.78, 5) is 11.5. The van der Waals surface area contributed by atoms with Gasteiger partial charge in [-0.1, -0.05) is 32.0 Å². The first-order valence-corrected chi connectivity index (χ1v) is 8.22. The molecule has 1 heterocycles. The number of benzene rings is 2. The van der Waals surface area contributed by atoms with Crippen LogP contribution in [0.25, 0.3) is 11.6 Å². The van der Waals surface area contributed by atoms with Gasteiger partial charge in [-0.25, -0.2) is 4.79 Å². The van der Waals surface area contributed by atoms with E-state index in [-0.39, 0.29) is 18.0 Å². The van der Waals surface area contributed by atoms with Crippen molar-refractivity contribution in [3.05, 3.63) is 64.7 Å². The Kier molecular flexibility index (Phi) is 4.64. The van der Waals surface area contributed by atoms with Crippen LogP contribution in [0.4, 0.5) is 0 Å². The highest BCUT2D eigenvalue weighted by molar-refractivity contribution is 5.90. The maximum Gasteiger partial charge on any atom is 0.337 e. The second-order valence-corrected chi connectivity index (χ2v) is 6.82. The molecule has 2 aromatic rings. The lowest BCUT2D eigenvalue weighted by Crippen LogP contribution is -2.18. The molecule has 2 aromatic carbocycles. The van der Waals surface area contributed by atoms with E-state index in [4.69, 9.17) is 9.47 Å². The van der Waals surface area contributed by atoms with Crippen LogP contribution in [0.5, 0.6) is 5.75 Å². The molecule has 0 saturated heterocycles. The number of ether oxygens (including phenoxy) is 2. The van der Waals surface area contributed by atoms with Crippen molar-refractivity contribution in [2.75, 3.05) is 20.3 Å². The quantitative estimate of drug-likeness (QED) is 0.682. The molecule has 4 heteroatoms. The fourth-order valence-electron chi connectivity index (χ4n) is 2.98. The van der Waals surface area contributed by atoms with Crippen LogP contribution < -0.4 is 4.74 Å². The Balaban J connectivity index is 1.92. The number of methoxy groups -OCH3 is 1. The minimum atomic E-state index is -0.362. The Labute approximate surface area is 147 Å². The molecule has 0 atom stereocenters. The number of aliphatic hydroxyl groups is 1. The van der Waals surface area contributed by atoms with Crippen molar-refractivity contribution in [1.29, 1.82) is 0 Å². The van der Waals surface area contributed by atoms with Gasteiger partial charge in [0.2, 0.25) is 0 Å². The molecular formula is C21H22O4. The predicted octanol–water partition coefficient (Wildman–Crippen LogP) is 3.68. The maximum atomic E-state index is 11.5. The molecular weight excluding hydrogens is 316 g/mol. The van der Waals surface area contributed by atoms with E-state index < -0.39 is 0 Å². The molecule has 0 fully saturated rings. The lowest BCUT2D eigenvalue weighted by molar-refractivity contribution is 0.0600. The van der Waals surface area contributed by atoms with Crippen molar-refractivity contribution >= 4 is 17.6 Å². The maximum absolute atomic E-state index is 11.5. The van der Waals surface area contributed by atoms with Crippen molar-refractivity contribution < 1.29 is 19.4 Å². The van der Waals surface area contributed by atoms with Gasteiger partial charge < -0.3 is 14.6 Å². The van der Waals surface area contributed by atoms with Gasteiger partial charge in [-0.05, 0) is 47.0 Å². The molecule has 1 N–H and O–H groups in total. The first-order chi connectivity index (χ1) is 11.9. The van der Waals surface area contributed by atoms with E-state index in [1.54, 1.807) is 12.1 Å². The summed E-state index contributed by atoms with van der Waals surface area (Å²) in [5, 5.41) is 9.83. The van der Waals surface area contributed by atoms with Gasteiger partial charge in [0.05, 0.1) is 25.9 Å². The summed E-state index contributed by atoms with van der Waals surface area (Å²) < 4.78 is 10.4. The summed E-state index contributed by atoms with van der Waals surface area (Å²) in [6.07, 6.45) is 1.92. The Morgan fingerprint density at radius 2 is 1.88 bits per heavy atom. The van der Waals surface area contributed by atoms with Crippen molar-refractivity contribution in [2.45, 2.75) is 19.3 Å². The normalized spacial score (nSPS) is 15.4. The average molecular weight is 338 g/mol. The van der Waals surface area contributed by atoms with Crippen LogP contribution in [0, 0.1) is 0 Å². The minimum Gasteiger partial charge on any atom is -0.492 e. The van der Waals surface area contributed by atoms with Crippen LogP contribution in [-0.4, -0.2) is 31.4 Å². The van der Waals surface area contributed by atoms with E-state index in [0.29, 0.717) is 12.2 Å². The highest BCUT2D eigenvalue weighted by Gasteiger charge is 2.31. The van der Waals surface area contributed by atoms with E-state index in [9.17, 15) is 9.90 Å². The van der Waals surface area contributed by atoms with Gasteiger partial charge in [0.25, 0.3) is 0 Å². The molecule has 0 spiro atoms.